The minimum absolute atomic E-state index is 0.000979. The molecule has 0 aromatic heterocycles. The third kappa shape index (κ3) is 4.03. The lowest BCUT2D eigenvalue weighted by Crippen LogP contribution is -2.44. The van der Waals surface area contributed by atoms with Crippen LogP contribution in [0, 0.1) is 5.92 Å². The van der Waals surface area contributed by atoms with E-state index in [0.29, 0.717) is 6.54 Å². The minimum Gasteiger partial charge on any atom is -0.340 e. The van der Waals surface area contributed by atoms with Crippen LogP contribution in [-0.4, -0.2) is 30.2 Å². The van der Waals surface area contributed by atoms with Gasteiger partial charge in [0.2, 0.25) is 5.91 Å². The Bertz CT molecular complexity index is 389. The first-order valence-electron chi connectivity index (χ1n) is 6.09. The van der Waals surface area contributed by atoms with Crippen LogP contribution in [0.25, 0.3) is 0 Å². The monoisotopic (exact) mass is 266 g/mol. The first kappa shape index (κ1) is 15.1. The number of thioether (sulfide) groups is 1. The van der Waals surface area contributed by atoms with Crippen molar-refractivity contribution >= 4 is 17.7 Å². The van der Waals surface area contributed by atoms with Gasteiger partial charge in [-0.25, -0.2) is 0 Å². The summed E-state index contributed by atoms with van der Waals surface area (Å²) in [4.78, 5) is 14.9. The lowest BCUT2D eigenvalue weighted by Gasteiger charge is -2.23. The van der Waals surface area contributed by atoms with Gasteiger partial charge in [-0.2, -0.15) is 0 Å². The Balaban J connectivity index is 2.63. The third-order valence-electron chi connectivity index (χ3n) is 2.96. The molecule has 1 aromatic rings. The lowest BCUT2D eigenvalue weighted by molar-refractivity contribution is -0.132. The number of benzene rings is 1. The Kier molecular flexibility index (Phi) is 5.69. The molecule has 0 saturated heterocycles. The van der Waals surface area contributed by atoms with Gasteiger partial charge in [-0.3, -0.25) is 4.79 Å². The van der Waals surface area contributed by atoms with Crippen LogP contribution in [0.2, 0.25) is 0 Å². The van der Waals surface area contributed by atoms with Crippen molar-refractivity contribution in [3.8, 4) is 0 Å². The number of nitrogens with two attached hydrogens (primary N) is 1. The van der Waals surface area contributed by atoms with Crippen LogP contribution < -0.4 is 5.73 Å². The van der Waals surface area contributed by atoms with Gasteiger partial charge in [0, 0.05) is 18.5 Å². The number of hydrogen-bond donors (Lipinski definition) is 1. The minimum atomic E-state index is -0.416. The molecule has 0 fully saturated rings. The van der Waals surface area contributed by atoms with Crippen molar-refractivity contribution in [3.05, 3.63) is 29.8 Å². The summed E-state index contributed by atoms with van der Waals surface area (Å²) in [5.41, 5.74) is 6.99. The van der Waals surface area contributed by atoms with Gasteiger partial charge >= 0.3 is 0 Å². The maximum Gasteiger partial charge on any atom is 0.239 e. The first-order valence-corrected chi connectivity index (χ1v) is 7.31. The van der Waals surface area contributed by atoms with Crippen molar-refractivity contribution in [1.82, 2.24) is 4.90 Å². The zero-order chi connectivity index (χ0) is 13.7. The molecule has 4 heteroatoms. The van der Waals surface area contributed by atoms with Gasteiger partial charge in [-0.15, -0.1) is 11.8 Å². The van der Waals surface area contributed by atoms with E-state index in [2.05, 4.69) is 24.3 Å². The molecule has 3 nitrogen and oxygen atoms in total. The molecule has 0 heterocycles. The van der Waals surface area contributed by atoms with E-state index in [0.717, 1.165) is 5.56 Å². The molecule has 1 amide bonds. The highest BCUT2D eigenvalue weighted by Crippen LogP contribution is 2.16. The predicted molar refractivity (Wildman–Crippen MR) is 77.5 cm³/mol. The Hall–Kier alpha value is -1.00. The molecule has 0 radical (unpaired) electrons. The smallest absolute Gasteiger partial charge is 0.239 e. The SMILES string of the molecule is CSc1ccc(CN(C)C(=O)[C@@H](N)C(C)C)cc1. The van der Waals surface area contributed by atoms with Crippen molar-refractivity contribution in [1.29, 1.82) is 0 Å². The maximum atomic E-state index is 12.0. The normalized spacial score (nSPS) is 12.6. The molecule has 0 saturated carbocycles. The molecule has 0 unspecified atom stereocenters. The Labute approximate surface area is 114 Å². The average molecular weight is 266 g/mol. The summed E-state index contributed by atoms with van der Waals surface area (Å²) in [5, 5.41) is 0. The van der Waals surface area contributed by atoms with Gasteiger partial charge in [-0.05, 0) is 29.9 Å². The molecule has 100 valence electrons. The van der Waals surface area contributed by atoms with Gasteiger partial charge in [0.25, 0.3) is 0 Å². The summed E-state index contributed by atoms with van der Waals surface area (Å²) < 4.78 is 0. The van der Waals surface area contributed by atoms with E-state index in [-0.39, 0.29) is 11.8 Å². The molecule has 1 aromatic carbocycles. The highest BCUT2D eigenvalue weighted by Gasteiger charge is 2.20. The fourth-order valence-corrected chi connectivity index (χ4v) is 2.03. The van der Waals surface area contributed by atoms with Crippen LogP contribution in [0.15, 0.2) is 29.2 Å². The zero-order valence-corrected chi connectivity index (χ0v) is 12.3. The second-order valence-corrected chi connectivity index (χ2v) is 5.69. The van der Waals surface area contributed by atoms with Crippen molar-refractivity contribution in [2.24, 2.45) is 11.7 Å². The summed E-state index contributed by atoms with van der Waals surface area (Å²) >= 11 is 1.71. The van der Waals surface area contributed by atoms with E-state index in [1.54, 1.807) is 23.7 Å². The predicted octanol–water partition coefficient (Wildman–Crippen LogP) is 2.35. The van der Waals surface area contributed by atoms with Gasteiger partial charge in [0.1, 0.15) is 0 Å². The molecule has 0 bridgehead atoms. The molecule has 0 aliphatic carbocycles. The number of likely N-dealkylation sites (N-methyl/N-ethyl adjacent to an activating group) is 1. The fraction of sp³-hybridized carbons (Fsp3) is 0.500. The van der Waals surface area contributed by atoms with Crippen LogP contribution in [0.1, 0.15) is 19.4 Å². The summed E-state index contributed by atoms with van der Waals surface area (Å²) in [5.74, 6) is 0.165. The van der Waals surface area contributed by atoms with Crippen LogP contribution in [0.4, 0.5) is 0 Å². The average Bonchev–Trinajstić information content (AvgIpc) is 2.37. The molecule has 1 atom stereocenters. The van der Waals surface area contributed by atoms with Gasteiger partial charge in [0.15, 0.2) is 0 Å². The number of carbonyl (C=O) groups excluding carboxylic acids is 1. The zero-order valence-electron chi connectivity index (χ0n) is 11.5. The van der Waals surface area contributed by atoms with Crippen LogP contribution in [-0.2, 0) is 11.3 Å². The van der Waals surface area contributed by atoms with Crippen LogP contribution in [0.5, 0.6) is 0 Å². The Morgan fingerprint density at radius 3 is 2.33 bits per heavy atom. The van der Waals surface area contributed by atoms with E-state index in [1.807, 2.05) is 20.1 Å². The van der Waals surface area contributed by atoms with E-state index >= 15 is 0 Å². The summed E-state index contributed by atoms with van der Waals surface area (Å²) in [7, 11) is 1.80. The lowest BCUT2D eigenvalue weighted by atomic mass is 10.0. The molecular formula is C14H22N2OS. The van der Waals surface area contributed by atoms with Crippen LogP contribution in [0.3, 0.4) is 0 Å². The van der Waals surface area contributed by atoms with Crippen molar-refractivity contribution in [2.45, 2.75) is 31.3 Å². The summed E-state index contributed by atoms with van der Waals surface area (Å²) in [6.07, 6.45) is 2.05. The number of carbonyl (C=O) groups is 1. The summed E-state index contributed by atoms with van der Waals surface area (Å²) in [6, 6.07) is 7.83. The first-order chi connectivity index (χ1) is 8.45. The Morgan fingerprint density at radius 2 is 1.89 bits per heavy atom. The van der Waals surface area contributed by atoms with Gasteiger partial charge in [0.05, 0.1) is 6.04 Å². The summed E-state index contributed by atoms with van der Waals surface area (Å²) in [6.45, 7) is 4.53. The molecule has 0 aliphatic heterocycles. The topological polar surface area (TPSA) is 46.3 Å². The van der Waals surface area contributed by atoms with E-state index in [9.17, 15) is 4.79 Å². The Morgan fingerprint density at radius 1 is 1.33 bits per heavy atom. The quantitative estimate of drug-likeness (QED) is 0.832. The molecule has 2 N–H and O–H groups in total. The van der Waals surface area contributed by atoms with Crippen LogP contribution >= 0.6 is 11.8 Å². The highest BCUT2D eigenvalue weighted by molar-refractivity contribution is 7.98. The highest BCUT2D eigenvalue weighted by atomic mass is 32.2. The standard InChI is InChI=1S/C14H22N2OS/c1-10(2)13(15)14(17)16(3)9-11-5-7-12(18-4)8-6-11/h5-8,10,13H,9,15H2,1-4H3/t13-/m0/s1. The van der Waals surface area contributed by atoms with Gasteiger partial charge in [-0.1, -0.05) is 26.0 Å². The number of amides is 1. The van der Waals surface area contributed by atoms with Crippen molar-refractivity contribution in [3.63, 3.8) is 0 Å². The van der Waals surface area contributed by atoms with E-state index < -0.39 is 6.04 Å². The number of nitrogens with zero attached hydrogens (tertiary/aromatic N) is 1. The second-order valence-electron chi connectivity index (χ2n) is 4.81. The molecule has 18 heavy (non-hydrogen) atoms. The molecule has 0 aliphatic rings. The largest absolute Gasteiger partial charge is 0.340 e. The molecular weight excluding hydrogens is 244 g/mol. The van der Waals surface area contributed by atoms with Crippen molar-refractivity contribution in [2.75, 3.05) is 13.3 Å². The molecule has 0 spiro atoms. The number of rotatable bonds is 5. The van der Waals surface area contributed by atoms with Gasteiger partial charge < -0.3 is 10.6 Å². The van der Waals surface area contributed by atoms with E-state index in [1.165, 1.54) is 4.90 Å². The maximum absolute atomic E-state index is 12.0. The van der Waals surface area contributed by atoms with E-state index in [4.69, 9.17) is 5.73 Å². The molecule has 1 rings (SSSR count). The van der Waals surface area contributed by atoms with Crippen molar-refractivity contribution < 1.29 is 4.79 Å². The fourth-order valence-electron chi connectivity index (χ4n) is 1.62. The number of hydrogen-bond acceptors (Lipinski definition) is 3. The second kappa shape index (κ2) is 6.81. The third-order valence-corrected chi connectivity index (χ3v) is 3.70.